The Morgan fingerprint density at radius 3 is 2.75 bits per heavy atom. The molecule has 1 aromatic carbocycles. The van der Waals surface area contributed by atoms with Gasteiger partial charge >= 0.3 is 0 Å². The molecule has 0 radical (unpaired) electrons. The summed E-state index contributed by atoms with van der Waals surface area (Å²) >= 11 is 0. The number of hydrogen-bond acceptors (Lipinski definition) is 5. The van der Waals surface area contributed by atoms with E-state index in [-0.39, 0.29) is 6.04 Å². The molecule has 1 aromatic heterocycles. The van der Waals surface area contributed by atoms with Crippen LogP contribution in [0.5, 0.6) is 5.75 Å². The molecule has 0 saturated heterocycles. The van der Waals surface area contributed by atoms with Gasteiger partial charge in [0.1, 0.15) is 18.2 Å². The normalized spacial score (nSPS) is 11.4. The number of ether oxygens (including phenoxy) is 1. The minimum atomic E-state index is -0.143. The minimum Gasteiger partial charge on any atom is -0.491 e. The largest absolute Gasteiger partial charge is 0.491 e. The van der Waals surface area contributed by atoms with Gasteiger partial charge in [-0.05, 0) is 11.6 Å². The highest BCUT2D eigenvalue weighted by molar-refractivity contribution is 5.35. The van der Waals surface area contributed by atoms with Crippen LogP contribution in [0.2, 0.25) is 0 Å². The van der Waals surface area contributed by atoms with Crippen LogP contribution in [0.4, 0.5) is 5.82 Å². The van der Waals surface area contributed by atoms with E-state index in [2.05, 4.69) is 11.2 Å². The van der Waals surface area contributed by atoms with Crippen LogP contribution < -0.4 is 10.5 Å². The summed E-state index contributed by atoms with van der Waals surface area (Å²) in [5.74, 6) is 1.05. The van der Waals surface area contributed by atoms with E-state index in [4.69, 9.17) is 15.7 Å². The van der Waals surface area contributed by atoms with E-state index in [1.807, 2.05) is 30.3 Å². The zero-order chi connectivity index (χ0) is 14.4. The molecule has 0 spiro atoms. The van der Waals surface area contributed by atoms with Gasteiger partial charge in [-0.3, -0.25) is 0 Å². The summed E-state index contributed by atoms with van der Waals surface area (Å²) in [6.07, 6.45) is 3.72. The first-order chi connectivity index (χ1) is 9.70. The zero-order valence-corrected chi connectivity index (χ0v) is 11.2. The number of rotatable bonds is 5. The highest BCUT2D eigenvalue weighted by Crippen LogP contribution is 2.21. The lowest BCUT2D eigenvalue weighted by Crippen LogP contribution is -2.25. The highest BCUT2D eigenvalue weighted by Gasteiger charge is 2.16. The lowest BCUT2D eigenvalue weighted by atomic mass is 10.1. The molecule has 1 heterocycles. The van der Waals surface area contributed by atoms with Crippen LogP contribution in [-0.2, 0) is 0 Å². The first kappa shape index (κ1) is 13.7. The maximum Gasteiger partial charge on any atom is 0.179 e. The Bertz CT molecular complexity index is 594. The molecule has 2 aromatic rings. The summed E-state index contributed by atoms with van der Waals surface area (Å²) in [4.78, 5) is 5.48. The molecular weight excluding hydrogens is 252 g/mol. The van der Waals surface area contributed by atoms with Crippen molar-refractivity contribution < 1.29 is 4.74 Å². The summed E-state index contributed by atoms with van der Waals surface area (Å²) in [5, 5.41) is 9.10. The predicted molar refractivity (Wildman–Crippen MR) is 76.7 cm³/mol. The fraction of sp³-hybridized carbons (Fsp3) is 0.200. The molecule has 2 N–H and O–H groups in total. The molecule has 0 aliphatic rings. The molecule has 5 nitrogen and oxygen atoms in total. The predicted octanol–water partition coefficient (Wildman–Crippen LogP) is 2.20. The lowest BCUT2D eigenvalue weighted by Gasteiger charge is -2.23. The van der Waals surface area contributed by atoms with Gasteiger partial charge in [-0.2, -0.15) is 5.26 Å². The maximum absolute atomic E-state index is 9.10. The smallest absolute Gasteiger partial charge is 0.179 e. The molecule has 2 rings (SSSR count). The third-order valence-corrected chi connectivity index (χ3v) is 2.97. The Morgan fingerprint density at radius 1 is 1.35 bits per heavy atom. The second-order valence-corrected chi connectivity index (χ2v) is 4.36. The number of anilines is 1. The summed E-state index contributed by atoms with van der Waals surface area (Å²) in [6, 6.07) is 13.0. The highest BCUT2D eigenvalue weighted by atomic mass is 16.5. The van der Waals surface area contributed by atoms with Gasteiger partial charge in [-0.25, -0.2) is 4.98 Å². The Morgan fingerprint density at radius 2 is 2.10 bits per heavy atom. The van der Waals surface area contributed by atoms with Gasteiger partial charge in [0, 0.05) is 19.3 Å². The fourth-order valence-corrected chi connectivity index (χ4v) is 1.87. The van der Waals surface area contributed by atoms with Crippen molar-refractivity contribution in [2.45, 2.75) is 6.04 Å². The van der Waals surface area contributed by atoms with Crippen molar-refractivity contribution >= 4 is 5.82 Å². The molecule has 0 bridgehead atoms. The van der Waals surface area contributed by atoms with Gasteiger partial charge in [0.15, 0.2) is 6.19 Å². The Labute approximate surface area is 118 Å². The first-order valence-electron chi connectivity index (χ1n) is 6.22. The average Bonchev–Trinajstić information content (AvgIpc) is 2.48. The molecule has 0 aliphatic heterocycles. The quantitative estimate of drug-likeness (QED) is 0.664. The summed E-state index contributed by atoms with van der Waals surface area (Å²) in [6.45, 7) is 0.359. The van der Waals surface area contributed by atoms with Crippen LogP contribution in [0.1, 0.15) is 11.6 Å². The molecule has 102 valence electrons. The number of hydrogen-bond donors (Lipinski definition) is 1. The molecule has 20 heavy (non-hydrogen) atoms. The van der Waals surface area contributed by atoms with Gasteiger partial charge in [0.05, 0.1) is 6.04 Å². The van der Waals surface area contributed by atoms with Crippen LogP contribution in [0, 0.1) is 11.5 Å². The van der Waals surface area contributed by atoms with Crippen LogP contribution in [0.15, 0.2) is 48.7 Å². The maximum atomic E-state index is 9.10. The number of nitrogens with two attached hydrogens (primary N) is 1. The van der Waals surface area contributed by atoms with Crippen LogP contribution >= 0.6 is 0 Å². The zero-order valence-electron chi connectivity index (χ0n) is 11.2. The van der Waals surface area contributed by atoms with E-state index in [9.17, 15) is 0 Å². The number of nitrogen functional groups attached to an aromatic ring is 1. The summed E-state index contributed by atoms with van der Waals surface area (Å²) < 4.78 is 5.71. The first-order valence-corrected chi connectivity index (χ1v) is 6.22. The van der Waals surface area contributed by atoms with Crippen LogP contribution in [-0.4, -0.2) is 23.5 Å². The Kier molecular flexibility index (Phi) is 4.40. The molecule has 1 unspecified atom stereocenters. The van der Waals surface area contributed by atoms with E-state index in [1.54, 1.807) is 30.3 Å². The molecule has 0 saturated carbocycles. The molecule has 0 fully saturated rings. The van der Waals surface area contributed by atoms with E-state index in [1.165, 1.54) is 0 Å². The van der Waals surface area contributed by atoms with Crippen molar-refractivity contribution in [2.24, 2.45) is 0 Å². The van der Waals surface area contributed by atoms with Crippen molar-refractivity contribution in [2.75, 3.05) is 19.4 Å². The van der Waals surface area contributed by atoms with Crippen molar-refractivity contribution in [1.82, 2.24) is 9.88 Å². The van der Waals surface area contributed by atoms with Crippen molar-refractivity contribution in [3.63, 3.8) is 0 Å². The summed E-state index contributed by atoms with van der Waals surface area (Å²) in [7, 11) is 1.74. The van der Waals surface area contributed by atoms with Crippen molar-refractivity contribution in [3.8, 4) is 11.9 Å². The molecule has 0 amide bonds. The number of aromatic nitrogens is 1. The van der Waals surface area contributed by atoms with Crippen molar-refractivity contribution in [1.29, 1.82) is 5.26 Å². The number of pyridine rings is 1. The number of nitrogens with zero attached hydrogens (tertiary/aromatic N) is 3. The van der Waals surface area contributed by atoms with Gasteiger partial charge in [0.2, 0.25) is 0 Å². The van der Waals surface area contributed by atoms with Gasteiger partial charge in [-0.15, -0.1) is 0 Å². The van der Waals surface area contributed by atoms with E-state index in [0.29, 0.717) is 18.2 Å². The second-order valence-electron chi connectivity index (χ2n) is 4.36. The van der Waals surface area contributed by atoms with E-state index < -0.39 is 0 Å². The molecule has 0 aliphatic carbocycles. The number of nitriles is 1. The standard InChI is InChI=1S/C15H16N4O/c1-19(11-16)14(12-5-3-2-4-6-12)10-20-13-7-8-18-15(17)9-13/h2-9,14H,10H2,1H3,(H2,17,18). The van der Waals surface area contributed by atoms with E-state index >= 15 is 0 Å². The molecule has 5 heteroatoms. The van der Waals surface area contributed by atoms with Gasteiger partial charge in [-0.1, -0.05) is 30.3 Å². The third kappa shape index (κ3) is 3.39. The van der Waals surface area contributed by atoms with Gasteiger partial charge < -0.3 is 15.4 Å². The number of benzene rings is 1. The van der Waals surface area contributed by atoms with Crippen LogP contribution in [0.3, 0.4) is 0 Å². The SMILES string of the molecule is CN(C#N)C(COc1ccnc(N)c1)c1ccccc1. The summed E-state index contributed by atoms with van der Waals surface area (Å²) in [5.41, 5.74) is 6.63. The number of likely N-dealkylation sites (N-methyl/N-ethyl adjacent to an activating group) is 1. The average molecular weight is 268 g/mol. The fourth-order valence-electron chi connectivity index (χ4n) is 1.87. The topological polar surface area (TPSA) is 75.2 Å². The Hall–Kier alpha value is -2.74. The monoisotopic (exact) mass is 268 g/mol. The molecule has 1 atom stereocenters. The second kappa shape index (κ2) is 6.43. The van der Waals surface area contributed by atoms with E-state index in [0.717, 1.165) is 5.56 Å². The van der Waals surface area contributed by atoms with Gasteiger partial charge in [0.25, 0.3) is 0 Å². The van der Waals surface area contributed by atoms with Crippen LogP contribution in [0.25, 0.3) is 0 Å². The molecular formula is C15H16N4O. The lowest BCUT2D eigenvalue weighted by molar-refractivity contribution is 0.208. The Balaban J connectivity index is 2.11. The third-order valence-electron chi connectivity index (χ3n) is 2.97. The van der Waals surface area contributed by atoms with Crippen molar-refractivity contribution in [3.05, 3.63) is 54.2 Å². The minimum absolute atomic E-state index is 0.143.